The van der Waals surface area contributed by atoms with Gasteiger partial charge in [-0.3, -0.25) is 9.59 Å². The Bertz CT molecular complexity index is 1270. The first-order valence-electron chi connectivity index (χ1n) is 12.7. The molecular weight excluding hydrogens is 486 g/mol. The topological polar surface area (TPSA) is 100 Å². The van der Waals surface area contributed by atoms with Gasteiger partial charge in [0.25, 0.3) is 0 Å². The quantitative estimate of drug-likeness (QED) is 0.404. The van der Waals surface area contributed by atoms with E-state index in [1.807, 2.05) is 36.4 Å². The van der Waals surface area contributed by atoms with Crippen LogP contribution in [0.1, 0.15) is 50.2 Å². The minimum absolute atomic E-state index is 0.150. The fourth-order valence-electron chi connectivity index (χ4n) is 5.31. The maximum absolute atomic E-state index is 14.3. The standard InChI is InChI=1S/C30H33NO7/c1-6-37-29(33)24-17(3)31-23-16-22(18-8-12-20(35-4)13-9-18)26(30(34)38-7-2)28(32)27(23)25(24)19-10-14-21(36-5)15-11-19/h8-15,22,25-26,31H,6-7,16H2,1-5H3/t22-,25-,26+/m0/s1. The molecule has 0 saturated heterocycles. The highest BCUT2D eigenvalue weighted by atomic mass is 16.5. The number of methoxy groups -OCH3 is 2. The second-order valence-corrected chi connectivity index (χ2v) is 9.16. The van der Waals surface area contributed by atoms with Crippen LogP contribution in [0.2, 0.25) is 0 Å². The molecule has 1 N–H and O–H groups in total. The largest absolute Gasteiger partial charge is 0.497 e. The molecule has 4 rings (SSSR count). The van der Waals surface area contributed by atoms with E-state index in [1.54, 1.807) is 47.1 Å². The third-order valence-electron chi connectivity index (χ3n) is 7.05. The van der Waals surface area contributed by atoms with Crippen molar-refractivity contribution in [3.05, 3.63) is 82.2 Å². The lowest BCUT2D eigenvalue weighted by Gasteiger charge is -2.39. The van der Waals surface area contributed by atoms with Crippen LogP contribution in [0.15, 0.2) is 71.1 Å². The highest BCUT2D eigenvalue weighted by molar-refractivity contribution is 6.13. The normalized spacial score (nSPS) is 20.9. The Morgan fingerprint density at radius 1 is 0.868 bits per heavy atom. The Morgan fingerprint density at radius 3 is 1.95 bits per heavy atom. The van der Waals surface area contributed by atoms with Gasteiger partial charge in [0.2, 0.25) is 0 Å². The predicted molar refractivity (Wildman–Crippen MR) is 141 cm³/mol. The summed E-state index contributed by atoms with van der Waals surface area (Å²) >= 11 is 0. The number of dihydropyridines is 1. The number of Topliss-reactive ketones (excluding diaryl/α,β-unsaturated/α-hetero) is 1. The third-order valence-corrected chi connectivity index (χ3v) is 7.05. The van der Waals surface area contributed by atoms with Crippen molar-refractivity contribution >= 4 is 17.7 Å². The van der Waals surface area contributed by atoms with Crippen molar-refractivity contribution in [3.63, 3.8) is 0 Å². The molecule has 0 fully saturated rings. The minimum atomic E-state index is -1.06. The zero-order valence-electron chi connectivity index (χ0n) is 22.3. The first-order chi connectivity index (χ1) is 18.3. The second-order valence-electron chi connectivity index (χ2n) is 9.16. The molecule has 2 aliphatic rings. The van der Waals surface area contributed by atoms with Gasteiger partial charge in [-0.1, -0.05) is 24.3 Å². The number of nitrogens with one attached hydrogen (secondary N) is 1. The zero-order valence-corrected chi connectivity index (χ0v) is 22.3. The summed E-state index contributed by atoms with van der Waals surface area (Å²) in [5.41, 5.74) is 3.56. The minimum Gasteiger partial charge on any atom is -0.497 e. The molecule has 8 nitrogen and oxygen atoms in total. The second kappa shape index (κ2) is 11.5. The van der Waals surface area contributed by atoms with Crippen LogP contribution in [0.3, 0.4) is 0 Å². The number of carbonyl (C=O) groups excluding carboxylic acids is 3. The van der Waals surface area contributed by atoms with Crippen molar-refractivity contribution in [1.82, 2.24) is 5.32 Å². The lowest BCUT2D eigenvalue weighted by molar-refractivity contribution is -0.152. The average Bonchev–Trinajstić information content (AvgIpc) is 2.92. The molecular formula is C30H33NO7. The Labute approximate surface area is 222 Å². The van der Waals surface area contributed by atoms with Crippen LogP contribution >= 0.6 is 0 Å². The highest BCUT2D eigenvalue weighted by Crippen LogP contribution is 2.48. The first kappa shape index (κ1) is 27.0. The van der Waals surface area contributed by atoms with Crippen molar-refractivity contribution in [3.8, 4) is 11.5 Å². The van der Waals surface area contributed by atoms with Crippen LogP contribution in [0.5, 0.6) is 11.5 Å². The van der Waals surface area contributed by atoms with Crippen LogP contribution in [-0.2, 0) is 23.9 Å². The lowest BCUT2D eigenvalue weighted by atomic mass is 9.67. The van der Waals surface area contributed by atoms with Crippen LogP contribution in [0.4, 0.5) is 0 Å². The molecule has 1 aliphatic heterocycles. The maximum atomic E-state index is 14.3. The predicted octanol–water partition coefficient (Wildman–Crippen LogP) is 4.42. The fraction of sp³-hybridized carbons (Fsp3) is 0.367. The molecule has 2 aromatic carbocycles. The number of ether oxygens (including phenoxy) is 4. The number of esters is 2. The molecule has 0 radical (unpaired) electrons. The number of rotatable bonds is 8. The molecule has 8 heteroatoms. The Kier molecular flexibility index (Phi) is 8.20. The van der Waals surface area contributed by atoms with E-state index in [1.165, 1.54) is 0 Å². The van der Waals surface area contributed by atoms with Crippen molar-refractivity contribution < 1.29 is 33.3 Å². The Morgan fingerprint density at radius 2 is 1.42 bits per heavy atom. The van der Waals surface area contributed by atoms with E-state index in [2.05, 4.69) is 5.32 Å². The number of carbonyl (C=O) groups is 3. The summed E-state index contributed by atoms with van der Waals surface area (Å²) in [6.07, 6.45) is 0.386. The molecule has 38 heavy (non-hydrogen) atoms. The number of ketones is 1. The number of allylic oxidation sites excluding steroid dienone is 3. The monoisotopic (exact) mass is 519 g/mol. The summed E-state index contributed by atoms with van der Waals surface area (Å²) in [6.45, 7) is 5.59. The van der Waals surface area contributed by atoms with Crippen molar-refractivity contribution in [1.29, 1.82) is 0 Å². The van der Waals surface area contributed by atoms with Crippen LogP contribution < -0.4 is 14.8 Å². The summed E-state index contributed by atoms with van der Waals surface area (Å²) < 4.78 is 21.4. The summed E-state index contributed by atoms with van der Waals surface area (Å²) in [7, 11) is 3.15. The molecule has 3 atom stereocenters. The molecule has 0 spiro atoms. The molecule has 200 valence electrons. The van der Waals surface area contributed by atoms with Crippen molar-refractivity contribution in [2.24, 2.45) is 5.92 Å². The van der Waals surface area contributed by atoms with Crippen molar-refractivity contribution in [2.75, 3.05) is 27.4 Å². The summed E-state index contributed by atoms with van der Waals surface area (Å²) in [6, 6.07) is 14.6. The molecule has 1 aliphatic carbocycles. The van der Waals surface area contributed by atoms with E-state index in [-0.39, 0.29) is 19.0 Å². The van der Waals surface area contributed by atoms with E-state index in [4.69, 9.17) is 18.9 Å². The van der Waals surface area contributed by atoms with Gasteiger partial charge in [0.1, 0.15) is 17.4 Å². The number of hydrogen-bond donors (Lipinski definition) is 1. The van der Waals surface area contributed by atoms with Gasteiger partial charge < -0.3 is 24.3 Å². The van der Waals surface area contributed by atoms with E-state index >= 15 is 0 Å². The van der Waals surface area contributed by atoms with Gasteiger partial charge in [-0.15, -0.1) is 0 Å². The van der Waals surface area contributed by atoms with Gasteiger partial charge in [-0.05, 0) is 62.6 Å². The molecule has 0 bridgehead atoms. The lowest BCUT2D eigenvalue weighted by Crippen LogP contribution is -2.43. The van der Waals surface area contributed by atoms with Crippen molar-refractivity contribution in [2.45, 2.75) is 39.0 Å². The number of hydrogen-bond acceptors (Lipinski definition) is 8. The zero-order chi connectivity index (χ0) is 27.4. The van der Waals surface area contributed by atoms with E-state index < -0.39 is 29.7 Å². The van der Waals surface area contributed by atoms with Gasteiger partial charge in [0.15, 0.2) is 5.78 Å². The van der Waals surface area contributed by atoms with Gasteiger partial charge in [0.05, 0.1) is 33.0 Å². The molecule has 1 heterocycles. The van der Waals surface area contributed by atoms with E-state index in [0.717, 1.165) is 11.1 Å². The molecule has 0 unspecified atom stereocenters. The summed E-state index contributed by atoms with van der Waals surface area (Å²) in [5, 5.41) is 3.31. The third kappa shape index (κ3) is 5.03. The van der Waals surface area contributed by atoms with Crippen LogP contribution in [-0.4, -0.2) is 45.2 Å². The van der Waals surface area contributed by atoms with Crippen LogP contribution in [0.25, 0.3) is 0 Å². The SMILES string of the molecule is CCOC(=O)C1=C(C)NC2=C(C(=O)[C@H](C(=O)OCC)[C@H](c3ccc(OC)cc3)C2)[C@H]1c1ccc(OC)cc1. The fourth-order valence-corrected chi connectivity index (χ4v) is 5.31. The molecule has 0 saturated carbocycles. The highest BCUT2D eigenvalue weighted by Gasteiger charge is 2.49. The van der Waals surface area contributed by atoms with Gasteiger partial charge >= 0.3 is 11.9 Å². The van der Waals surface area contributed by atoms with E-state index in [9.17, 15) is 14.4 Å². The summed E-state index contributed by atoms with van der Waals surface area (Å²) in [5.74, 6) is -2.36. The molecule has 0 amide bonds. The van der Waals surface area contributed by atoms with Gasteiger partial charge in [-0.2, -0.15) is 0 Å². The molecule has 0 aromatic heterocycles. The smallest absolute Gasteiger partial charge is 0.336 e. The Balaban J connectivity index is 1.87. The number of benzene rings is 2. The van der Waals surface area contributed by atoms with Gasteiger partial charge in [0, 0.05) is 28.8 Å². The van der Waals surface area contributed by atoms with E-state index in [0.29, 0.717) is 40.5 Å². The molecule has 2 aromatic rings. The summed E-state index contributed by atoms with van der Waals surface area (Å²) in [4.78, 5) is 40.7. The average molecular weight is 520 g/mol. The van der Waals surface area contributed by atoms with Gasteiger partial charge in [-0.25, -0.2) is 4.79 Å². The van der Waals surface area contributed by atoms with Crippen LogP contribution in [0, 0.1) is 5.92 Å². The maximum Gasteiger partial charge on any atom is 0.336 e. The Hall–Kier alpha value is -4.07. The first-order valence-corrected chi connectivity index (χ1v) is 12.7.